The largest absolute Gasteiger partial charge is 0.462 e. The van der Waals surface area contributed by atoms with Gasteiger partial charge >= 0.3 is 7.60 Å². The summed E-state index contributed by atoms with van der Waals surface area (Å²) in [5, 5.41) is 3.89. The van der Waals surface area contributed by atoms with Crippen molar-refractivity contribution in [1.29, 1.82) is 0 Å². The minimum absolute atomic E-state index is 0.198. The third kappa shape index (κ3) is 3.97. The Morgan fingerprint density at radius 2 is 1.77 bits per heavy atom. The molecule has 2 aromatic rings. The first-order valence-electron chi connectivity index (χ1n) is 7.12. The van der Waals surface area contributed by atoms with Crippen molar-refractivity contribution in [2.45, 2.75) is 20.8 Å². The van der Waals surface area contributed by atoms with Crippen LogP contribution in [0.1, 0.15) is 19.4 Å². The summed E-state index contributed by atoms with van der Waals surface area (Å²) in [6, 6.07) is 9.59. The van der Waals surface area contributed by atoms with Gasteiger partial charge in [-0.2, -0.15) is 0 Å². The van der Waals surface area contributed by atoms with E-state index in [0.29, 0.717) is 11.6 Å². The van der Waals surface area contributed by atoms with E-state index in [-0.39, 0.29) is 19.6 Å². The maximum Gasteiger partial charge on any atom is 0.367 e. The minimum atomic E-state index is -3.27. The van der Waals surface area contributed by atoms with E-state index in [4.69, 9.17) is 18.3 Å². The Morgan fingerprint density at radius 3 is 2.36 bits per heavy atom. The molecule has 2 rings (SSSR count). The van der Waals surface area contributed by atoms with Gasteiger partial charge in [0, 0.05) is 5.56 Å². The van der Waals surface area contributed by atoms with Crippen LogP contribution in [0.15, 0.2) is 34.9 Å². The summed E-state index contributed by atoms with van der Waals surface area (Å²) in [5.74, 6) is 0.914. The molecule has 0 aliphatic carbocycles. The Hall–Kier alpha value is -1.62. The molecule has 0 N–H and O–H groups in total. The molecule has 0 aliphatic rings. The number of nitrogens with zero attached hydrogens (tertiary/aromatic N) is 1. The molecule has 120 valence electrons. The van der Waals surface area contributed by atoms with Crippen molar-refractivity contribution in [1.82, 2.24) is 5.16 Å². The zero-order valence-electron chi connectivity index (χ0n) is 12.9. The van der Waals surface area contributed by atoms with E-state index in [9.17, 15) is 4.57 Å². The Bertz CT molecular complexity index is 631. The van der Waals surface area contributed by atoms with E-state index in [1.54, 1.807) is 13.8 Å². The average Bonchev–Trinajstić information content (AvgIpc) is 2.88. The van der Waals surface area contributed by atoms with Crippen LogP contribution in [0.4, 0.5) is 0 Å². The van der Waals surface area contributed by atoms with Crippen LogP contribution in [0.5, 0.6) is 5.88 Å². The van der Waals surface area contributed by atoms with Gasteiger partial charge in [-0.15, -0.1) is 0 Å². The van der Waals surface area contributed by atoms with Crippen molar-refractivity contribution in [3.05, 3.63) is 35.9 Å². The second-order valence-corrected chi connectivity index (χ2v) is 6.52. The zero-order valence-corrected chi connectivity index (χ0v) is 13.8. The van der Waals surface area contributed by atoms with Gasteiger partial charge < -0.3 is 18.3 Å². The normalized spacial score (nSPS) is 11.6. The van der Waals surface area contributed by atoms with E-state index >= 15 is 0 Å². The van der Waals surface area contributed by atoms with Gasteiger partial charge in [0.05, 0.1) is 18.8 Å². The van der Waals surface area contributed by atoms with Crippen molar-refractivity contribution in [3.8, 4) is 17.2 Å². The molecule has 0 bridgehead atoms. The first-order chi connectivity index (χ1) is 10.6. The van der Waals surface area contributed by atoms with Crippen molar-refractivity contribution >= 4 is 7.60 Å². The van der Waals surface area contributed by atoms with Gasteiger partial charge in [0.1, 0.15) is 0 Å². The fourth-order valence-corrected chi connectivity index (χ4v) is 3.25. The molecular weight excluding hydrogens is 305 g/mol. The molecule has 0 amide bonds. The molecule has 22 heavy (non-hydrogen) atoms. The van der Waals surface area contributed by atoms with Crippen LogP contribution in [0.2, 0.25) is 0 Å². The van der Waals surface area contributed by atoms with Crippen LogP contribution in [0.25, 0.3) is 11.3 Å². The predicted octanol–water partition coefficient (Wildman–Crippen LogP) is 4.25. The molecule has 0 spiro atoms. The first kappa shape index (κ1) is 16.7. The van der Waals surface area contributed by atoms with Gasteiger partial charge in [0.25, 0.3) is 5.88 Å². The first-order valence-corrected chi connectivity index (χ1v) is 8.85. The fourth-order valence-electron chi connectivity index (χ4n) is 1.96. The third-order valence-corrected chi connectivity index (χ3v) is 4.68. The quantitative estimate of drug-likeness (QED) is 0.676. The maximum atomic E-state index is 12.3. The summed E-state index contributed by atoms with van der Waals surface area (Å²) in [6.07, 6.45) is -0.198. The standard InChI is InChI=1S/C15H20NO5P/c1-4-19-22(17,20-5-2)11-18-15-12(3)14(21-16-15)13-9-7-6-8-10-13/h6-10H,4-5,11H2,1-3H3. The van der Waals surface area contributed by atoms with Crippen molar-refractivity contribution < 1.29 is 22.9 Å². The minimum Gasteiger partial charge on any atom is -0.462 e. The molecule has 1 heterocycles. The number of hydrogen-bond donors (Lipinski definition) is 0. The van der Waals surface area contributed by atoms with Crippen LogP contribution in [0, 0.1) is 6.92 Å². The Kier molecular flexibility index (Phi) is 5.77. The molecule has 0 aliphatic heterocycles. The fraction of sp³-hybridized carbons (Fsp3) is 0.400. The number of benzene rings is 1. The second-order valence-electron chi connectivity index (χ2n) is 4.53. The monoisotopic (exact) mass is 325 g/mol. The predicted molar refractivity (Wildman–Crippen MR) is 83.0 cm³/mol. The summed E-state index contributed by atoms with van der Waals surface area (Å²) in [6.45, 7) is 5.91. The highest BCUT2D eigenvalue weighted by atomic mass is 31.2. The Morgan fingerprint density at radius 1 is 1.14 bits per heavy atom. The van der Waals surface area contributed by atoms with E-state index in [1.807, 2.05) is 37.3 Å². The summed E-state index contributed by atoms with van der Waals surface area (Å²) >= 11 is 0. The van der Waals surface area contributed by atoms with Crippen LogP contribution < -0.4 is 4.74 Å². The molecule has 1 aromatic carbocycles. The van der Waals surface area contributed by atoms with E-state index in [2.05, 4.69) is 5.16 Å². The van der Waals surface area contributed by atoms with Crippen LogP contribution in [0.3, 0.4) is 0 Å². The molecule has 0 saturated carbocycles. The molecular formula is C15H20NO5P. The SMILES string of the molecule is CCOP(=O)(COc1noc(-c2ccccc2)c1C)OCC. The summed E-state index contributed by atoms with van der Waals surface area (Å²) < 4.78 is 33.5. The molecule has 0 unspecified atom stereocenters. The summed E-state index contributed by atoms with van der Waals surface area (Å²) in [7, 11) is -3.27. The van der Waals surface area contributed by atoms with Crippen molar-refractivity contribution in [2.75, 3.05) is 19.6 Å². The van der Waals surface area contributed by atoms with Crippen LogP contribution in [-0.4, -0.2) is 24.7 Å². The molecule has 0 saturated heterocycles. The van der Waals surface area contributed by atoms with Gasteiger partial charge in [0.2, 0.25) is 0 Å². The van der Waals surface area contributed by atoms with Crippen LogP contribution in [-0.2, 0) is 13.6 Å². The highest BCUT2D eigenvalue weighted by Crippen LogP contribution is 2.48. The number of rotatable bonds is 8. The smallest absolute Gasteiger partial charge is 0.367 e. The van der Waals surface area contributed by atoms with E-state index in [1.165, 1.54) is 0 Å². The highest BCUT2D eigenvalue weighted by Gasteiger charge is 2.26. The highest BCUT2D eigenvalue weighted by molar-refractivity contribution is 7.53. The summed E-state index contributed by atoms with van der Waals surface area (Å²) in [5.41, 5.74) is 1.64. The molecule has 6 nitrogen and oxygen atoms in total. The summed E-state index contributed by atoms with van der Waals surface area (Å²) in [4.78, 5) is 0. The topological polar surface area (TPSA) is 70.8 Å². The van der Waals surface area contributed by atoms with Crippen LogP contribution >= 0.6 is 7.60 Å². The lowest BCUT2D eigenvalue weighted by Crippen LogP contribution is -2.06. The molecule has 0 radical (unpaired) electrons. The second kappa shape index (κ2) is 7.58. The molecule has 7 heteroatoms. The molecule has 1 aromatic heterocycles. The van der Waals surface area contributed by atoms with E-state index < -0.39 is 7.60 Å². The lowest BCUT2D eigenvalue weighted by Gasteiger charge is -2.16. The van der Waals surface area contributed by atoms with Gasteiger partial charge in [-0.3, -0.25) is 4.57 Å². The van der Waals surface area contributed by atoms with E-state index in [0.717, 1.165) is 11.1 Å². The number of aromatic nitrogens is 1. The maximum absolute atomic E-state index is 12.3. The average molecular weight is 325 g/mol. The van der Waals surface area contributed by atoms with Gasteiger partial charge in [-0.1, -0.05) is 30.3 Å². The molecule has 0 fully saturated rings. The Labute approximate surface area is 129 Å². The zero-order chi connectivity index (χ0) is 16.0. The lowest BCUT2D eigenvalue weighted by atomic mass is 10.1. The molecule has 0 atom stereocenters. The van der Waals surface area contributed by atoms with Gasteiger partial charge in [0.15, 0.2) is 12.1 Å². The third-order valence-electron chi connectivity index (χ3n) is 2.93. The van der Waals surface area contributed by atoms with Crippen molar-refractivity contribution in [3.63, 3.8) is 0 Å². The Balaban J connectivity index is 2.11. The lowest BCUT2D eigenvalue weighted by molar-refractivity contribution is 0.193. The van der Waals surface area contributed by atoms with Gasteiger partial charge in [-0.25, -0.2) is 0 Å². The van der Waals surface area contributed by atoms with Gasteiger partial charge in [-0.05, 0) is 25.9 Å². The number of ether oxygens (including phenoxy) is 1. The number of hydrogen-bond acceptors (Lipinski definition) is 6. The van der Waals surface area contributed by atoms with Crippen molar-refractivity contribution in [2.24, 2.45) is 0 Å².